The fourth-order valence-corrected chi connectivity index (χ4v) is 115. The van der Waals surface area contributed by atoms with Gasteiger partial charge >= 0.3 is 189 Å². The molecular formula is C28H43BrFeO. The number of rotatable bonds is 6. The van der Waals surface area contributed by atoms with Crippen LogP contribution in [0.25, 0.3) is 0 Å². The van der Waals surface area contributed by atoms with Crippen molar-refractivity contribution >= 4 is 21.7 Å². The molecule has 0 aromatic heterocycles. The van der Waals surface area contributed by atoms with E-state index in [9.17, 15) is 4.79 Å². The number of fused-ring (bicyclic) bond motifs is 10. The number of unbranched alkanes of at least 4 members (excludes halogenated alkanes) is 2. The molecule has 31 heavy (non-hydrogen) atoms. The summed E-state index contributed by atoms with van der Waals surface area (Å²) in [6.07, 6.45) is 4.51. The van der Waals surface area contributed by atoms with E-state index in [4.69, 9.17) is 0 Å². The molecule has 1 nitrogen and oxygen atoms in total. The number of Topliss-reactive ketones (excluding diaryl/α,β-unsaturated/α-hetero) is 1. The van der Waals surface area contributed by atoms with Crippen LogP contribution < -0.4 is 0 Å². The number of ketones is 1. The van der Waals surface area contributed by atoms with Gasteiger partial charge in [-0.2, -0.15) is 0 Å². The SMILES string of the molecule is CC(C)(C)[C]12[CH]3[C]4(C(=O)CCCCCBr)[C]5(C(C)(C)C)[C]1(C(C)(C)C)[Fe]34251678[CH]2[CH]1[CH]6[CH]7[CH]28. The molecule has 0 amide bonds. The van der Waals surface area contributed by atoms with E-state index in [1.807, 2.05) is 0 Å². The summed E-state index contributed by atoms with van der Waals surface area (Å²) in [7, 11) is 0. The van der Waals surface area contributed by atoms with Crippen LogP contribution in [0.1, 0.15) is 88.0 Å². The fourth-order valence-electron chi connectivity index (χ4n) is 25.6. The van der Waals surface area contributed by atoms with Gasteiger partial charge in [0.1, 0.15) is 0 Å². The van der Waals surface area contributed by atoms with Crippen molar-refractivity contribution in [2.45, 2.75) is 134 Å². The van der Waals surface area contributed by atoms with Crippen molar-refractivity contribution < 1.29 is 11.3 Å². The van der Waals surface area contributed by atoms with E-state index in [0.717, 1.165) is 52.9 Å². The number of hydrogen-bond donors (Lipinski definition) is 0. The third-order valence-corrected chi connectivity index (χ3v) is 65.5. The predicted molar refractivity (Wildman–Crippen MR) is 129 cm³/mol. The molecule has 5 unspecified atom stereocenters. The first kappa shape index (κ1) is 18.0. The van der Waals surface area contributed by atoms with Gasteiger partial charge in [-0.05, 0) is 0 Å². The summed E-state index contributed by atoms with van der Waals surface area (Å²) in [5.41, 5.74) is 1.08. The molecule has 10 saturated heterocycles. The van der Waals surface area contributed by atoms with Gasteiger partial charge in [0, 0.05) is 0 Å². The Hall–Kier alpha value is 0.669. The molecule has 0 bridgehead atoms. The number of carbonyl (C=O) groups excluding carboxylic acids is 1. The quantitative estimate of drug-likeness (QED) is 0.190. The minimum atomic E-state index is -4.27. The van der Waals surface area contributed by atoms with Gasteiger partial charge in [-0.1, -0.05) is 0 Å². The second-order valence-corrected chi connectivity index (χ2v) is 41.9. The fraction of sp³-hybridized carbons (Fsp3) is 0.964. The van der Waals surface area contributed by atoms with Crippen molar-refractivity contribution in [1.82, 2.24) is 0 Å². The maximum absolute atomic E-state index is 14.8. The van der Waals surface area contributed by atoms with E-state index < -0.39 is 6.51 Å². The summed E-state index contributed by atoms with van der Waals surface area (Å²) in [5, 5.41) is 1.09. The zero-order chi connectivity index (χ0) is 22.4. The maximum atomic E-state index is 14.8. The third-order valence-electron chi connectivity index (χ3n) is 19.8. The van der Waals surface area contributed by atoms with Gasteiger partial charge in [0.25, 0.3) is 0 Å². The van der Waals surface area contributed by atoms with Crippen molar-refractivity contribution in [2.75, 3.05) is 5.33 Å². The summed E-state index contributed by atoms with van der Waals surface area (Å²) in [4.78, 5) is 21.3. The van der Waals surface area contributed by atoms with Crippen LogP contribution in [0.5, 0.6) is 0 Å². The molecule has 0 radical (unpaired) electrons. The summed E-state index contributed by atoms with van der Waals surface area (Å²) in [6.45, 7) is 19.5. The number of halogens is 1. The topological polar surface area (TPSA) is 17.1 Å². The van der Waals surface area contributed by atoms with E-state index >= 15 is 0 Å². The standard InChI is InChI=1S/C23H38BrO.C5H5.Fe/c1-21(2,3)17-15-16(18(25)13-11-10-12-14-24)19(22(4,5)6)20(17)23(7,8)9;1-2-4-5-3-1;/h15H,10-14H2,1-9H3;1-5H;. The van der Waals surface area contributed by atoms with Crippen molar-refractivity contribution in [3.05, 3.63) is 0 Å². The number of hydrogen-bond acceptors (Lipinski definition) is 1. The van der Waals surface area contributed by atoms with Gasteiger partial charge in [0.2, 0.25) is 0 Å². The van der Waals surface area contributed by atoms with Gasteiger partial charge < -0.3 is 0 Å². The first-order chi connectivity index (χ1) is 14.0. The molecule has 10 heterocycles. The summed E-state index contributed by atoms with van der Waals surface area (Å²) in [6, 6.07) is 0. The molecule has 0 aliphatic carbocycles. The summed E-state index contributed by atoms with van der Waals surface area (Å²) >= 11 is 3.60. The van der Waals surface area contributed by atoms with Crippen LogP contribution in [0.3, 0.4) is 0 Å². The monoisotopic (exact) mass is 530 g/mol. The van der Waals surface area contributed by atoms with Crippen LogP contribution in [0.4, 0.5) is 0 Å². The molecule has 1 spiro atoms. The van der Waals surface area contributed by atoms with E-state index in [-0.39, 0.29) is 4.31 Å². The summed E-state index contributed by atoms with van der Waals surface area (Å²) < 4.78 is 1.99. The van der Waals surface area contributed by atoms with Gasteiger partial charge in [0.05, 0.1) is 0 Å². The zero-order valence-electron chi connectivity index (χ0n) is 21.1. The van der Waals surface area contributed by atoms with Crippen LogP contribution in [0.2, 0.25) is 46.2 Å². The predicted octanol–water partition coefficient (Wildman–Crippen LogP) is 9.52. The molecule has 10 aliphatic rings. The Balaban J connectivity index is 1.35. The molecule has 3 heteroatoms. The molecule has 10 aliphatic heterocycles. The van der Waals surface area contributed by atoms with Crippen molar-refractivity contribution in [1.29, 1.82) is 0 Å². The van der Waals surface area contributed by atoms with Crippen LogP contribution in [0, 0.1) is 16.2 Å². The molecular weight excluding hydrogens is 488 g/mol. The average Bonchev–Trinajstić information content (AvgIpc) is 3.55. The Kier molecular flexibility index (Phi) is 1.21. The molecule has 0 aromatic rings. The van der Waals surface area contributed by atoms with Crippen LogP contribution in [-0.4, -0.2) is 11.1 Å². The van der Waals surface area contributed by atoms with Crippen LogP contribution >= 0.6 is 15.9 Å². The molecule has 0 N–H and O–H groups in total. The Morgan fingerprint density at radius 3 is 1.58 bits per heavy atom. The van der Waals surface area contributed by atoms with E-state index in [0.29, 0.717) is 29.2 Å². The van der Waals surface area contributed by atoms with Crippen molar-refractivity contribution in [2.24, 2.45) is 16.2 Å². The molecule has 0 aromatic carbocycles. The molecule has 0 saturated carbocycles. The second kappa shape index (κ2) is 2.09. The number of alkyl halides is 1. The Bertz CT molecular complexity index is 1440. The third kappa shape index (κ3) is 0.290. The minimum absolute atomic E-state index is 0.268. The van der Waals surface area contributed by atoms with Gasteiger partial charge in [-0.3, -0.25) is 0 Å². The van der Waals surface area contributed by atoms with Crippen LogP contribution in [-0.2, 0) is 11.3 Å². The first-order valence-corrected chi connectivity index (χ1v) is 20.4. The Labute approximate surface area is 188 Å². The second-order valence-electron chi connectivity index (χ2n) is 18.6. The van der Waals surface area contributed by atoms with Crippen molar-refractivity contribution in [3.8, 4) is 0 Å². The first-order valence-electron chi connectivity index (χ1n) is 13.3. The van der Waals surface area contributed by atoms with Crippen LogP contribution in [0.15, 0.2) is 0 Å². The van der Waals surface area contributed by atoms with E-state index in [1.54, 1.807) is 0 Å². The van der Waals surface area contributed by atoms with E-state index in [2.05, 4.69) is 78.2 Å². The molecule has 10 fully saturated rings. The molecule has 176 valence electrons. The normalized spacial score (nSPS) is 79.7. The van der Waals surface area contributed by atoms with E-state index in [1.165, 1.54) is 12.8 Å². The summed E-state index contributed by atoms with van der Waals surface area (Å²) in [5.74, 6) is 0.853. The average molecular weight is 531 g/mol. The Morgan fingerprint density at radius 1 is 0.742 bits per heavy atom. The van der Waals surface area contributed by atoms with Gasteiger partial charge in [-0.15, -0.1) is 0 Å². The zero-order valence-corrected chi connectivity index (χ0v) is 23.8. The van der Waals surface area contributed by atoms with Gasteiger partial charge in [0.15, 0.2) is 0 Å². The molecule has 5 atom stereocenters. The Morgan fingerprint density at radius 2 is 1.23 bits per heavy atom. The van der Waals surface area contributed by atoms with Crippen molar-refractivity contribution in [3.63, 3.8) is 0 Å². The van der Waals surface area contributed by atoms with Gasteiger partial charge in [-0.25, -0.2) is 0 Å². The number of carbonyl (C=O) groups is 1. The molecule has 10 rings (SSSR count).